The number of aryl methyl sites for hydroxylation is 1. The molecule has 210 valence electrons. The van der Waals surface area contributed by atoms with Gasteiger partial charge in [-0.25, -0.2) is 0 Å². The molecule has 3 aromatic carbocycles. The van der Waals surface area contributed by atoms with E-state index in [0.717, 1.165) is 27.2 Å². The Bertz CT molecular complexity index is 1650. The summed E-state index contributed by atoms with van der Waals surface area (Å²) in [5.74, 6) is -0.437. The Balaban J connectivity index is 1.68. The minimum Gasteiger partial charge on any atom is -0.488 e. The lowest BCUT2D eigenvalue weighted by Crippen LogP contribution is -2.39. The van der Waals surface area contributed by atoms with Crippen LogP contribution in [0, 0.1) is 25.2 Å². The molecule has 0 bridgehead atoms. The van der Waals surface area contributed by atoms with Crippen molar-refractivity contribution < 1.29 is 22.7 Å². The number of carbonyl (C=O) groups is 1. The predicted molar refractivity (Wildman–Crippen MR) is 154 cm³/mol. The van der Waals surface area contributed by atoms with E-state index >= 15 is 0 Å². The summed E-state index contributed by atoms with van der Waals surface area (Å²) >= 11 is 3.49. The lowest BCUT2D eigenvalue weighted by atomic mass is 9.73. The van der Waals surface area contributed by atoms with Gasteiger partial charge in [0, 0.05) is 17.7 Å². The molecule has 0 spiro atoms. The molecule has 2 N–H and O–H groups in total. The summed E-state index contributed by atoms with van der Waals surface area (Å²) in [6, 6.07) is 18.6. The van der Waals surface area contributed by atoms with Gasteiger partial charge in [0.05, 0.1) is 33.3 Å². The molecule has 2 aliphatic rings. The van der Waals surface area contributed by atoms with E-state index in [9.17, 15) is 23.2 Å². The number of alkyl halides is 3. The highest BCUT2D eigenvalue weighted by Gasteiger charge is 2.43. The fraction of sp³-hybridized carbons (Fsp3) is 0.250. The van der Waals surface area contributed by atoms with Crippen LogP contribution in [-0.4, -0.2) is 5.78 Å². The van der Waals surface area contributed by atoms with E-state index < -0.39 is 17.7 Å². The van der Waals surface area contributed by atoms with Gasteiger partial charge in [0.15, 0.2) is 5.78 Å². The van der Waals surface area contributed by atoms with Crippen molar-refractivity contribution in [3.8, 4) is 11.8 Å². The standard InChI is InChI=1S/C32H27BrF3N3O2/c1-18-14-20(17-41-28-13-6-4-9-24(28)33)19(2)21(15-18)29-22(16-37)31(38)39(26-11-7-12-27(40)30(26)29)25-10-5-3-8-23(25)32(34,35)36/h3-6,8-10,13-15,29H,7,11-12,17,38H2,1-2H3. The predicted octanol–water partition coefficient (Wildman–Crippen LogP) is 7.97. The second-order valence-corrected chi connectivity index (χ2v) is 11.0. The first kappa shape index (κ1) is 28.5. The van der Waals surface area contributed by atoms with Gasteiger partial charge in [-0.15, -0.1) is 0 Å². The summed E-state index contributed by atoms with van der Waals surface area (Å²) < 4.78 is 49.1. The van der Waals surface area contributed by atoms with Crippen molar-refractivity contribution in [3.05, 3.63) is 116 Å². The van der Waals surface area contributed by atoms with Crippen LogP contribution in [-0.2, 0) is 17.6 Å². The van der Waals surface area contributed by atoms with Crippen LogP contribution in [0.3, 0.4) is 0 Å². The van der Waals surface area contributed by atoms with Crippen LogP contribution < -0.4 is 15.4 Å². The molecule has 1 aliphatic heterocycles. The zero-order valence-corrected chi connectivity index (χ0v) is 24.1. The van der Waals surface area contributed by atoms with Crippen LogP contribution in [0.5, 0.6) is 5.75 Å². The van der Waals surface area contributed by atoms with Gasteiger partial charge in [-0.3, -0.25) is 9.69 Å². The van der Waals surface area contributed by atoms with E-state index in [2.05, 4.69) is 22.0 Å². The average molecular weight is 622 g/mol. The van der Waals surface area contributed by atoms with Crippen LogP contribution in [0.15, 0.2) is 87.8 Å². The molecule has 0 amide bonds. The number of hydrogen-bond donors (Lipinski definition) is 1. The number of rotatable bonds is 5. The van der Waals surface area contributed by atoms with Crippen molar-refractivity contribution in [2.45, 2.75) is 51.8 Å². The van der Waals surface area contributed by atoms with Crippen LogP contribution in [0.1, 0.15) is 53.0 Å². The van der Waals surface area contributed by atoms with Gasteiger partial charge in [0.1, 0.15) is 18.2 Å². The summed E-state index contributed by atoms with van der Waals surface area (Å²) in [6.45, 7) is 4.05. The Morgan fingerprint density at radius 3 is 2.51 bits per heavy atom. The summed E-state index contributed by atoms with van der Waals surface area (Å²) in [7, 11) is 0. The zero-order valence-electron chi connectivity index (χ0n) is 22.5. The molecule has 1 unspecified atom stereocenters. The number of para-hydroxylation sites is 2. The number of nitrogens with zero attached hydrogens (tertiary/aromatic N) is 2. The Kier molecular flexibility index (Phi) is 7.71. The molecule has 41 heavy (non-hydrogen) atoms. The topological polar surface area (TPSA) is 79.3 Å². The van der Waals surface area contributed by atoms with E-state index in [1.165, 1.54) is 23.1 Å². The summed E-state index contributed by atoms with van der Waals surface area (Å²) in [5.41, 5.74) is 9.55. The van der Waals surface area contributed by atoms with Gasteiger partial charge < -0.3 is 10.5 Å². The monoisotopic (exact) mass is 621 g/mol. The Labute approximate surface area is 244 Å². The van der Waals surface area contributed by atoms with E-state index in [0.29, 0.717) is 35.4 Å². The lowest BCUT2D eigenvalue weighted by molar-refractivity contribution is -0.137. The number of halogens is 4. The number of carbonyl (C=O) groups excluding carboxylic acids is 1. The summed E-state index contributed by atoms with van der Waals surface area (Å²) in [4.78, 5) is 14.8. The van der Waals surface area contributed by atoms with E-state index in [-0.39, 0.29) is 35.9 Å². The van der Waals surface area contributed by atoms with Crippen LogP contribution in [0.2, 0.25) is 0 Å². The van der Waals surface area contributed by atoms with Crippen molar-refractivity contribution >= 4 is 27.4 Å². The van der Waals surface area contributed by atoms with Crippen LogP contribution in [0.4, 0.5) is 18.9 Å². The fourth-order valence-electron chi connectivity index (χ4n) is 5.71. The molecule has 0 saturated carbocycles. The Morgan fingerprint density at radius 1 is 1.10 bits per heavy atom. The largest absolute Gasteiger partial charge is 0.488 e. The molecule has 3 aromatic rings. The van der Waals surface area contributed by atoms with E-state index in [1.54, 1.807) is 0 Å². The third-order valence-corrected chi connectivity index (χ3v) is 8.25. The second kappa shape index (κ2) is 11.1. The first-order chi connectivity index (χ1) is 19.5. The number of allylic oxidation sites excluding steroid dienone is 3. The highest BCUT2D eigenvalue weighted by Crippen LogP contribution is 2.49. The quantitative estimate of drug-likeness (QED) is 0.312. The molecule has 0 aromatic heterocycles. The van der Waals surface area contributed by atoms with Gasteiger partial charge >= 0.3 is 6.18 Å². The molecule has 1 atom stereocenters. The van der Waals surface area contributed by atoms with E-state index in [4.69, 9.17) is 10.5 Å². The zero-order chi connectivity index (χ0) is 29.5. The first-order valence-electron chi connectivity index (χ1n) is 13.1. The molecule has 5 nitrogen and oxygen atoms in total. The third-order valence-electron chi connectivity index (χ3n) is 7.59. The van der Waals surface area contributed by atoms with Gasteiger partial charge in [0.2, 0.25) is 0 Å². The fourth-order valence-corrected chi connectivity index (χ4v) is 6.11. The van der Waals surface area contributed by atoms with Gasteiger partial charge in [-0.1, -0.05) is 42.0 Å². The number of ketones is 1. The van der Waals surface area contributed by atoms with Crippen LogP contribution >= 0.6 is 15.9 Å². The minimum atomic E-state index is -4.66. The smallest absolute Gasteiger partial charge is 0.418 e. The third kappa shape index (κ3) is 5.24. The number of anilines is 1. The summed E-state index contributed by atoms with van der Waals surface area (Å²) in [5, 5.41) is 10.4. The lowest BCUT2D eigenvalue weighted by Gasteiger charge is -2.41. The molecule has 9 heteroatoms. The van der Waals surface area contributed by atoms with E-state index in [1.807, 2.05) is 50.2 Å². The SMILES string of the molecule is Cc1cc(COc2ccccc2Br)c(C)c(C2C(C#N)=C(N)N(c3ccccc3C(F)(F)F)C3=C2C(=O)CCC3)c1. The normalized spacial score (nSPS) is 17.4. The molecule has 1 aliphatic carbocycles. The maximum Gasteiger partial charge on any atom is 0.418 e. The van der Waals surface area contributed by atoms with Crippen molar-refractivity contribution in [2.24, 2.45) is 5.73 Å². The molecule has 0 radical (unpaired) electrons. The van der Waals surface area contributed by atoms with Crippen LogP contribution in [0.25, 0.3) is 0 Å². The molecule has 1 heterocycles. The molecule has 0 fully saturated rings. The number of hydrogen-bond acceptors (Lipinski definition) is 5. The first-order valence-corrected chi connectivity index (χ1v) is 13.9. The van der Waals surface area contributed by atoms with Gasteiger partial charge in [-0.2, -0.15) is 18.4 Å². The number of benzene rings is 3. The highest BCUT2D eigenvalue weighted by molar-refractivity contribution is 9.10. The number of ether oxygens (including phenoxy) is 1. The number of Topliss-reactive ketones (excluding diaryl/α,β-unsaturated/α-hetero) is 1. The maximum atomic E-state index is 14.1. The van der Waals surface area contributed by atoms with Gasteiger partial charge in [0.25, 0.3) is 0 Å². The van der Waals surface area contributed by atoms with Crippen molar-refractivity contribution in [3.63, 3.8) is 0 Å². The summed E-state index contributed by atoms with van der Waals surface area (Å²) in [6.07, 6.45) is -3.59. The second-order valence-electron chi connectivity index (χ2n) is 10.2. The Morgan fingerprint density at radius 2 is 1.80 bits per heavy atom. The maximum absolute atomic E-state index is 14.1. The number of nitriles is 1. The molecule has 0 saturated heterocycles. The van der Waals surface area contributed by atoms with Gasteiger partial charge in [-0.05, 0) is 83.6 Å². The minimum absolute atomic E-state index is 0.0438. The molecular weight excluding hydrogens is 595 g/mol. The van der Waals surface area contributed by atoms with Crippen molar-refractivity contribution in [2.75, 3.05) is 4.90 Å². The van der Waals surface area contributed by atoms with Crippen molar-refractivity contribution in [1.82, 2.24) is 0 Å². The molecule has 5 rings (SSSR count). The molecular formula is C32H27BrF3N3O2. The number of nitrogens with two attached hydrogens (primary N) is 1. The highest BCUT2D eigenvalue weighted by atomic mass is 79.9. The average Bonchev–Trinajstić information content (AvgIpc) is 2.93. The van der Waals surface area contributed by atoms with Crippen molar-refractivity contribution in [1.29, 1.82) is 5.26 Å². The Hall–Kier alpha value is -4.03.